The maximum atomic E-state index is 12.9. The molecule has 9 heteroatoms. The molecule has 2 aromatic carbocycles. The quantitative estimate of drug-likeness (QED) is 0.468. The molecule has 0 bridgehead atoms. The number of hydrogen-bond acceptors (Lipinski definition) is 7. The molecule has 1 atom stereocenters. The third kappa shape index (κ3) is 4.21. The summed E-state index contributed by atoms with van der Waals surface area (Å²) in [6, 6.07) is 17.5. The fraction of sp³-hybridized carbons (Fsp3) is 0.292. The van der Waals surface area contributed by atoms with E-state index in [-0.39, 0.29) is 5.91 Å². The molecule has 33 heavy (non-hydrogen) atoms. The number of fused-ring (bicyclic) bond motifs is 1. The molecule has 1 aliphatic heterocycles. The topological polar surface area (TPSA) is 89.3 Å². The summed E-state index contributed by atoms with van der Waals surface area (Å²) in [6.07, 6.45) is 0.998. The highest BCUT2D eigenvalue weighted by Gasteiger charge is 2.28. The van der Waals surface area contributed by atoms with E-state index in [2.05, 4.69) is 25.2 Å². The van der Waals surface area contributed by atoms with Gasteiger partial charge in [0.1, 0.15) is 12.1 Å². The molecular formula is C24H25N7O2. The Morgan fingerprint density at radius 1 is 0.970 bits per heavy atom. The van der Waals surface area contributed by atoms with Gasteiger partial charge in [0.15, 0.2) is 23.1 Å². The van der Waals surface area contributed by atoms with E-state index >= 15 is 0 Å². The lowest BCUT2D eigenvalue weighted by Crippen LogP contribution is -2.52. The minimum absolute atomic E-state index is 0.0170. The summed E-state index contributed by atoms with van der Waals surface area (Å²) in [5, 5.41) is 8.68. The van der Waals surface area contributed by atoms with Gasteiger partial charge in [-0.2, -0.15) is 4.68 Å². The summed E-state index contributed by atoms with van der Waals surface area (Å²) in [5.41, 5.74) is 3.39. The Bertz CT molecular complexity index is 1250. The molecule has 0 spiro atoms. The minimum Gasteiger partial charge on any atom is -0.481 e. The first-order chi connectivity index (χ1) is 16.1. The number of benzene rings is 2. The number of rotatable bonds is 5. The lowest BCUT2D eigenvalue weighted by atomic mass is 10.2. The second-order valence-electron chi connectivity index (χ2n) is 8.09. The summed E-state index contributed by atoms with van der Waals surface area (Å²) in [6.45, 7) is 6.29. The molecule has 1 saturated heterocycles. The number of ether oxygens (including phenoxy) is 1. The predicted octanol–water partition coefficient (Wildman–Crippen LogP) is 2.64. The van der Waals surface area contributed by atoms with Crippen molar-refractivity contribution in [2.75, 3.05) is 31.1 Å². The first-order valence-corrected chi connectivity index (χ1v) is 11.0. The van der Waals surface area contributed by atoms with Crippen molar-refractivity contribution < 1.29 is 9.53 Å². The van der Waals surface area contributed by atoms with E-state index in [4.69, 9.17) is 4.74 Å². The van der Waals surface area contributed by atoms with Gasteiger partial charge in [0.2, 0.25) is 0 Å². The molecule has 5 rings (SSSR count). The standard InChI is InChI=1S/C24H25N7O2/c1-17-8-10-19(11-9-17)31-23-21(27-28-31)22(25-16-26-23)29-12-14-30(15-13-29)24(32)18(2)33-20-6-4-3-5-7-20/h3-11,16,18H,12-15H2,1-2H3. The lowest BCUT2D eigenvalue weighted by molar-refractivity contribution is -0.138. The Morgan fingerprint density at radius 3 is 2.42 bits per heavy atom. The zero-order valence-corrected chi connectivity index (χ0v) is 18.6. The van der Waals surface area contributed by atoms with Gasteiger partial charge in [-0.3, -0.25) is 4.79 Å². The Kier molecular flexibility index (Phi) is 5.60. The molecule has 9 nitrogen and oxygen atoms in total. The fourth-order valence-electron chi connectivity index (χ4n) is 3.98. The minimum atomic E-state index is -0.542. The molecule has 0 saturated carbocycles. The predicted molar refractivity (Wildman–Crippen MR) is 125 cm³/mol. The zero-order chi connectivity index (χ0) is 22.8. The van der Waals surface area contributed by atoms with Crippen molar-refractivity contribution in [2.45, 2.75) is 20.0 Å². The van der Waals surface area contributed by atoms with Crippen molar-refractivity contribution in [2.24, 2.45) is 0 Å². The first kappa shape index (κ1) is 20.9. The molecule has 1 aliphatic rings. The van der Waals surface area contributed by atoms with Crippen molar-refractivity contribution in [1.82, 2.24) is 29.9 Å². The summed E-state index contributed by atoms with van der Waals surface area (Å²) in [7, 11) is 0. The fourth-order valence-corrected chi connectivity index (χ4v) is 3.98. The highest BCUT2D eigenvalue weighted by atomic mass is 16.5. The van der Waals surface area contributed by atoms with E-state index in [1.54, 1.807) is 17.9 Å². The van der Waals surface area contributed by atoms with Crippen molar-refractivity contribution >= 4 is 22.9 Å². The van der Waals surface area contributed by atoms with Gasteiger partial charge in [0, 0.05) is 26.2 Å². The van der Waals surface area contributed by atoms with Gasteiger partial charge >= 0.3 is 0 Å². The molecule has 0 radical (unpaired) electrons. The number of nitrogens with zero attached hydrogens (tertiary/aromatic N) is 7. The normalized spacial score (nSPS) is 15.0. The molecule has 4 aromatic rings. The number of piperazine rings is 1. The average Bonchev–Trinajstić information content (AvgIpc) is 3.29. The van der Waals surface area contributed by atoms with Crippen LogP contribution in [0.3, 0.4) is 0 Å². The molecule has 2 aromatic heterocycles. The van der Waals surface area contributed by atoms with E-state index in [1.165, 1.54) is 5.56 Å². The monoisotopic (exact) mass is 443 g/mol. The van der Waals surface area contributed by atoms with Gasteiger partial charge < -0.3 is 14.5 Å². The van der Waals surface area contributed by atoms with Gasteiger partial charge in [0.05, 0.1) is 5.69 Å². The first-order valence-electron chi connectivity index (χ1n) is 11.0. The maximum absolute atomic E-state index is 12.9. The molecular weight excluding hydrogens is 418 g/mol. The van der Waals surface area contributed by atoms with E-state index in [9.17, 15) is 4.79 Å². The van der Waals surface area contributed by atoms with Gasteiger partial charge in [-0.1, -0.05) is 41.1 Å². The van der Waals surface area contributed by atoms with Crippen LogP contribution in [0.25, 0.3) is 16.9 Å². The van der Waals surface area contributed by atoms with Gasteiger partial charge in [-0.15, -0.1) is 5.10 Å². The van der Waals surface area contributed by atoms with Crippen LogP contribution in [0.5, 0.6) is 5.75 Å². The van der Waals surface area contributed by atoms with Crippen LogP contribution in [0.15, 0.2) is 60.9 Å². The highest BCUT2D eigenvalue weighted by Crippen LogP contribution is 2.24. The lowest BCUT2D eigenvalue weighted by Gasteiger charge is -2.36. The Morgan fingerprint density at radius 2 is 1.70 bits per heavy atom. The number of carbonyl (C=O) groups excluding carboxylic acids is 1. The van der Waals surface area contributed by atoms with Crippen LogP contribution in [-0.2, 0) is 4.79 Å². The number of anilines is 1. The maximum Gasteiger partial charge on any atom is 0.263 e. The number of para-hydroxylation sites is 1. The van der Waals surface area contributed by atoms with E-state index < -0.39 is 6.10 Å². The molecule has 1 unspecified atom stereocenters. The largest absolute Gasteiger partial charge is 0.481 e. The molecule has 168 valence electrons. The van der Waals surface area contributed by atoms with Gasteiger partial charge in [-0.05, 0) is 38.1 Å². The second-order valence-corrected chi connectivity index (χ2v) is 8.09. The third-order valence-electron chi connectivity index (χ3n) is 5.79. The molecule has 3 heterocycles. The van der Waals surface area contributed by atoms with Crippen LogP contribution in [0, 0.1) is 6.92 Å². The number of aromatic nitrogens is 5. The Balaban J connectivity index is 1.28. The summed E-state index contributed by atoms with van der Waals surface area (Å²) in [5.74, 6) is 1.41. The molecule has 0 N–H and O–H groups in total. The molecule has 1 amide bonds. The number of hydrogen-bond donors (Lipinski definition) is 0. The Hall–Kier alpha value is -4.01. The van der Waals surface area contributed by atoms with Crippen molar-refractivity contribution in [1.29, 1.82) is 0 Å². The SMILES string of the molecule is Cc1ccc(-n2nnc3c(N4CCN(C(=O)C(C)Oc5ccccc5)CC4)ncnc32)cc1. The van der Waals surface area contributed by atoms with Crippen LogP contribution >= 0.6 is 0 Å². The van der Waals surface area contributed by atoms with Crippen molar-refractivity contribution in [3.05, 3.63) is 66.5 Å². The number of carbonyl (C=O) groups is 1. The van der Waals surface area contributed by atoms with Crippen molar-refractivity contribution in [3.8, 4) is 11.4 Å². The van der Waals surface area contributed by atoms with Gasteiger partial charge in [-0.25, -0.2) is 9.97 Å². The van der Waals surface area contributed by atoms with Gasteiger partial charge in [0.25, 0.3) is 5.91 Å². The second kappa shape index (κ2) is 8.85. The summed E-state index contributed by atoms with van der Waals surface area (Å²) >= 11 is 0. The van der Waals surface area contributed by atoms with Crippen molar-refractivity contribution in [3.63, 3.8) is 0 Å². The number of amides is 1. The summed E-state index contributed by atoms with van der Waals surface area (Å²) in [4.78, 5) is 25.7. The zero-order valence-electron chi connectivity index (χ0n) is 18.6. The average molecular weight is 444 g/mol. The highest BCUT2D eigenvalue weighted by molar-refractivity contribution is 5.84. The van der Waals surface area contributed by atoms with E-state index in [0.29, 0.717) is 43.1 Å². The third-order valence-corrected chi connectivity index (χ3v) is 5.79. The Labute approximate surface area is 191 Å². The van der Waals surface area contributed by atoms with Crippen LogP contribution in [0.1, 0.15) is 12.5 Å². The van der Waals surface area contributed by atoms with E-state index in [1.807, 2.05) is 66.4 Å². The van der Waals surface area contributed by atoms with Crippen LogP contribution in [0.4, 0.5) is 5.82 Å². The van der Waals surface area contributed by atoms with Crippen LogP contribution in [0.2, 0.25) is 0 Å². The molecule has 1 fully saturated rings. The van der Waals surface area contributed by atoms with Crippen LogP contribution in [-0.4, -0.2) is 68.1 Å². The smallest absolute Gasteiger partial charge is 0.263 e. The number of aryl methyl sites for hydroxylation is 1. The van der Waals surface area contributed by atoms with E-state index in [0.717, 1.165) is 11.5 Å². The van der Waals surface area contributed by atoms with Crippen LogP contribution < -0.4 is 9.64 Å². The molecule has 0 aliphatic carbocycles. The summed E-state index contributed by atoms with van der Waals surface area (Å²) < 4.78 is 7.53.